The molecule has 0 saturated carbocycles. The molecular formula is C16H23Cl2N3O. The highest BCUT2D eigenvalue weighted by molar-refractivity contribution is 6.30. The van der Waals surface area contributed by atoms with Crippen LogP contribution in [0.25, 0.3) is 0 Å². The molecule has 0 atom stereocenters. The Labute approximate surface area is 143 Å². The van der Waals surface area contributed by atoms with Gasteiger partial charge in [-0.25, -0.2) is 0 Å². The van der Waals surface area contributed by atoms with Crippen LogP contribution in [0.5, 0.6) is 0 Å². The van der Waals surface area contributed by atoms with Crippen molar-refractivity contribution >= 4 is 35.6 Å². The van der Waals surface area contributed by atoms with Crippen LogP contribution < -0.4 is 10.2 Å². The van der Waals surface area contributed by atoms with Crippen LogP contribution in [0.1, 0.15) is 12.8 Å². The van der Waals surface area contributed by atoms with E-state index in [1.54, 1.807) is 0 Å². The maximum atomic E-state index is 12.5. The Balaban J connectivity index is 0.00000176. The molecule has 2 heterocycles. The summed E-state index contributed by atoms with van der Waals surface area (Å²) in [4.78, 5) is 16.9. The zero-order valence-electron chi connectivity index (χ0n) is 12.6. The topological polar surface area (TPSA) is 35.6 Å². The van der Waals surface area contributed by atoms with Crippen molar-refractivity contribution in [2.75, 3.05) is 44.2 Å². The van der Waals surface area contributed by atoms with Gasteiger partial charge >= 0.3 is 0 Å². The molecule has 1 N–H and O–H groups in total. The minimum Gasteiger partial charge on any atom is -0.368 e. The summed E-state index contributed by atoms with van der Waals surface area (Å²) in [5, 5.41) is 4.08. The number of nitrogens with one attached hydrogen (secondary N) is 1. The molecule has 0 bridgehead atoms. The Hall–Kier alpha value is -0.970. The van der Waals surface area contributed by atoms with Crippen molar-refractivity contribution < 1.29 is 4.79 Å². The first kappa shape index (κ1) is 17.4. The van der Waals surface area contributed by atoms with Crippen molar-refractivity contribution in [2.45, 2.75) is 12.8 Å². The summed E-state index contributed by atoms with van der Waals surface area (Å²) in [6.45, 7) is 5.34. The summed E-state index contributed by atoms with van der Waals surface area (Å²) in [5.41, 5.74) is 1.15. The van der Waals surface area contributed by atoms with Crippen LogP contribution in [0.4, 0.5) is 5.69 Å². The number of carbonyl (C=O) groups excluding carboxylic acids is 1. The molecule has 2 aliphatic rings. The fourth-order valence-corrected chi connectivity index (χ4v) is 3.37. The number of amides is 1. The fraction of sp³-hybridized carbons (Fsp3) is 0.562. The van der Waals surface area contributed by atoms with Crippen LogP contribution in [0.3, 0.4) is 0 Å². The number of rotatable bonds is 2. The summed E-state index contributed by atoms with van der Waals surface area (Å²) in [7, 11) is 0. The van der Waals surface area contributed by atoms with E-state index < -0.39 is 0 Å². The van der Waals surface area contributed by atoms with Crippen molar-refractivity contribution in [1.82, 2.24) is 10.2 Å². The number of halogens is 2. The van der Waals surface area contributed by atoms with Crippen LogP contribution in [0.2, 0.25) is 5.02 Å². The molecule has 22 heavy (non-hydrogen) atoms. The van der Waals surface area contributed by atoms with Crippen molar-refractivity contribution in [3.63, 3.8) is 0 Å². The number of piperazine rings is 1. The molecule has 0 unspecified atom stereocenters. The van der Waals surface area contributed by atoms with Gasteiger partial charge in [0.25, 0.3) is 0 Å². The monoisotopic (exact) mass is 343 g/mol. The van der Waals surface area contributed by atoms with Gasteiger partial charge in [0.05, 0.1) is 0 Å². The molecule has 4 nitrogen and oxygen atoms in total. The number of hydrogen-bond acceptors (Lipinski definition) is 3. The quantitative estimate of drug-likeness (QED) is 0.895. The molecule has 2 aliphatic heterocycles. The van der Waals surface area contributed by atoms with Crippen LogP contribution in [-0.2, 0) is 4.79 Å². The minimum absolute atomic E-state index is 0. The molecule has 0 spiro atoms. The van der Waals surface area contributed by atoms with E-state index in [2.05, 4.69) is 16.3 Å². The molecule has 6 heteroatoms. The van der Waals surface area contributed by atoms with Gasteiger partial charge in [-0.3, -0.25) is 4.79 Å². The lowest BCUT2D eigenvalue weighted by Gasteiger charge is -2.38. The molecule has 0 aromatic heterocycles. The van der Waals surface area contributed by atoms with Gasteiger partial charge < -0.3 is 15.1 Å². The lowest BCUT2D eigenvalue weighted by atomic mass is 9.96. The van der Waals surface area contributed by atoms with Crippen LogP contribution >= 0.6 is 24.0 Å². The van der Waals surface area contributed by atoms with Gasteiger partial charge in [0.15, 0.2) is 0 Å². The van der Waals surface area contributed by atoms with Gasteiger partial charge in [-0.1, -0.05) is 17.7 Å². The highest BCUT2D eigenvalue weighted by atomic mass is 35.5. The molecule has 0 radical (unpaired) electrons. The SMILES string of the molecule is Cl.O=C(C1CCNCC1)N1CCN(c2cccc(Cl)c2)CC1. The van der Waals surface area contributed by atoms with Gasteiger partial charge in [0, 0.05) is 42.8 Å². The fourth-order valence-electron chi connectivity index (χ4n) is 3.18. The van der Waals surface area contributed by atoms with Crippen LogP contribution in [0, 0.1) is 5.92 Å². The minimum atomic E-state index is 0. The third kappa shape index (κ3) is 4.06. The highest BCUT2D eigenvalue weighted by Gasteiger charge is 2.28. The van der Waals surface area contributed by atoms with E-state index in [1.807, 2.05) is 23.1 Å². The number of hydrogen-bond donors (Lipinski definition) is 1. The van der Waals surface area contributed by atoms with Gasteiger partial charge in [0.2, 0.25) is 5.91 Å². The summed E-state index contributed by atoms with van der Waals surface area (Å²) in [6.07, 6.45) is 1.96. The van der Waals surface area contributed by atoms with E-state index in [9.17, 15) is 4.79 Å². The van der Waals surface area contributed by atoms with Crippen molar-refractivity contribution in [3.8, 4) is 0 Å². The van der Waals surface area contributed by atoms with E-state index in [1.165, 1.54) is 0 Å². The molecule has 122 valence electrons. The van der Waals surface area contributed by atoms with Crippen LogP contribution in [-0.4, -0.2) is 50.1 Å². The molecule has 0 aliphatic carbocycles. The summed E-state index contributed by atoms with van der Waals surface area (Å²) < 4.78 is 0. The molecule has 2 saturated heterocycles. The third-order valence-electron chi connectivity index (χ3n) is 4.45. The summed E-state index contributed by atoms with van der Waals surface area (Å²) in [5.74, 6) is 0.575. The number of carbonyl (C=O) groups is 1. The van der Waals surface area contributed by atoms with E-state index in [-0.39, 0.29) is 18.3 Å². The van der Waals surface area contributed by atoms with Crippen molar-refractivity contribution in [1.29, 1.82) is 0 Å². The number of nitrogens with zero attached hydrogens (tertiary/aromatic N) is 2. The molecule has 2 fully saturated rings. The second-order valence-corrected chi connectivity index (χ2v) is 6.25. The zero-order valence-corrected chi connectivity index (χ0v) is 14.2. The Kier molecular flexibility index (Phi) is 6.36. The van der Waals surface area contributed by atoms with Crippen molar-refractivity contribution in [2.24, 2.45) is 5.92 Å². The molecular weight excluding hydrogens is 321 g/mol. The van der Waals surface area contributed by atoms with Crippen molar-refractivity contribution in [3.05, 3.63) is 29.3 Å². The highest BCUT2D eigenvalue weighted by Crippen LogP contribution is 2.22. The maximum Gasteiger partial charge on any atom is 0.225 e. The molecule has 3 rings (SSSR count). The first-order chi connectivity index (χ1) is 10.2. The third-order valence-corrected chi connectivity index (χ3v) is 4.69. The lowest BCUT2D eigenvalue weighted by Crippen LogP contribution is -2.51. The van der Waals surface area contributed by atoms with Gasteiger partial charge in [-0.15, -0.1) is 12.4 Å². The molecule has 1 amide bonds. The second-order valence-electron chi connectivity index (χ2n) is 5.82. The van der Waals surface area contributed by atoms with Gasteiger partial charge in [0.1, 0.15) is 0 Å². The Morgan fingerprint density at radius 3 is 2.45 bits per heavy atom. The van der Waals surface area contributed by atoms with E-state index in [4.69, 9.17) is 11.6 Å². The van der Waals surface area contributed by atoms with Crippen LogP contribution in [0.15, 0.2) is 24.3 Å². The average Bonchev–Trinajstić information content (AvgIpc) is 2.55. The second kappa shape index (κ2) is 8.04. The van der Waals surface area contributed by atoms with E-state index in [0.29, 0.717) is 5.91 Å². The zero-order chi connectivity index (χ0) is 14.7. The summed E-state index contributed by atoms with van der Waals surface area (Å²) in [6, 6.07) is 7.94. The molecule has 1 aromatic rings. The maximum absolute atomic E-state index is 12.5. The normalized spacial score (nSPS) is 19.7. The molecule has 1 aromatic carbocycles. The number of piperidine rings is 1. The van der Waals surface area contributed by atoms with E-state index >= 15 is 0 Å². The van der Waals surface area contributed by atoms with Gasteiger partial charge in [-0.05, 0) is 44.1 Å². The number of benzene rings is 1. The lowest BCUT2D eigenvalue weighted by molar-refractivity contribution is -0.136. The Bertz CT molecular complexity index is 498. The average molecular weight is 344 g/mol. The Morgan fingerprint density at radius 2 is 1.82 bits per heavy atom. The van der Waals surface area contributed by atoms with Gasteiger partial charge in [-0.2, -0.15) is 0 Å². The predicted octanol–water partition coefficient (Wildman–Crippen LogP) is 2.41. The standard InChI is InChI=1S/C16H22ClN3O.ClH/c17-14-2-1-3-15(12-14)19-8-10-20(11-9-19)16(21)13-4-6-18-7-5-13;/h1-3,12-13,18H,4-11H2;1H. The number of anilines is 1. The predicted molar refractivity (Wildman–Crippen MR) is 93.1 cm³/mol. The Morgan fingerprint density at radius 1 is 1.14 bits per heavy atom. The van der Waals surface area contributed by atoms with E-state index in [0.717, 1.165) is 62.8 Å². The smallest absolute Gasteiger partial charge is 0.225 e. The largest absolute Gasteiger partial charge is 0.368 e. The first-order valence-corrected chi connectivity index (χ1v) is 8.12. The first-order valence-electron chi connectivity index (χ1n) is 7.74. The summed E-state index contributed by atoms with van der Waals surface area (Å²) >= 11 is 6.05.